The van der Waals surface area contributed by atoms with E-state index in [0.29, 0.717) is 33.3 Å². The number of aryl methyl sites for hydroxylation is 1. The molecule has 0 saturated heterocycles. The Morgan fingerprint density at radius 2 is 2.00 bits per heavy atom. The summed E-state index contributed by atoms with van der Waals surface area (Å²) in [6.07, 6.45) is 1.63. The Hall–Kier alpha value is -3.72. The lowest BCUT2D eigenvalue weighted by atomic mass is 10.2. The number of benzene rings is 1. The summed E-state index contributed by atoms with van der Waals surface area (Å²) in [5.41, 5.74) is 9.03. The first kappa shape index (κ1) is 19.6. The fourth-order valence-corrected chi connectivity index (χ4v) is 4.02. The Kier molecular flexibility index (Phi) is 4.96. The van der Waals surface area contributed by atoms with E-state index < -0.39 is 5.91 Å². The number of para-hydroxylation sites is 1. The number of nitrogens with one attached hydrogen (secondary N) is 2. The van der Waals surface area contributed by atoms with Gasteiger partial charge in [-0.3, -0.25) is 14.9 Å². The van der Waals surface area contributed by atoms with Crippen LogP contribution in [0.1, 0.15) is 32.2 Å². The Morgan fingerprint density at radius 1 is 1.23 bits per heavy atom. The van der Waals surface area contributed by atoms with Gasteiger partial charge in [-0.15, -0.1) is 11.3 Å². The highest BCUT2D eigenvalue weighted by Gasteiger charge is 2.19. The molecule has 0 aliphatic carbocycles. The predicted octanol–water partition coefficient (Wildman–Crippen LogP) is 4.04. The maximum atomic E-state index is 14.2. The van der Waals surface area contributed by atoms with Crippen LogP contribution in [0, 0.1) is 19.7 Å². The maximum Gasteiger partial charge on any atom is 0.265 e. The Morgan fingerprint density at radius 3 is 2.70 bits per heavy atom. The largest absolute Gasteiger partial charge is 0.364 e. The van der Waals surface area contributed by atoms with Gasteiger partial charge in [-0.2, -0.15) is 0 Å². The van der Waals surface area contributed by atoms with Crippen molar-refractivity contribution in [2.24, 2.45) is 5.73 Å². The molecule has 4 N–H and O–H groups in total. The van der Waals surface area contributed by atoms with Crippen molar-refractivity contribution in [3.63, 3.8) is 0 Å². The molecule has 3 aromatic heterocycles. The van der Waals surface area contributed by atoms with Gasteiger partial charge in [-0.1, -0.05) is 12.1 Å². The third-order valence-electron chi connectivity index (χ3n) is 4.74. The predicted molar refractivity (Wildman–Crippen MR) is 114 cm³/mol. The lowest BCUT2D eigenvalue weighted by Crippen LogP contribution is -2.13. The number of amides is 2. The molecule has 1 aromatic carbocycles. The molecule has 0 bridgehead atoms. The molecule has 0 radical (unpaired) electrons. The number of carbonyl (C=O) groups is 2. The second-order valence-corrected chi connectivity index (χ2v) is 7.59. The minimum absolute atomic E-state index is 0.282. The third kappa shape index (κ3) is 3.50. The zero-order chi connectivity index (χ0) is 21.4. The molecule has 0 aliphatic rings. The van der Waals surface area contributed by atoms with E-state index in [4.69, 9.17) is 5.73 Å². The molecule has 0 unspecified atom stereocenters. The van der Waals surface area contributed by atoms with Crippen molar-refractivity contribution in [3.05, 3.63) is 76.4 Å². The lowest BCUT2D eigenvalue weighted by molar-refractivity contribution is 0.0994. The van der Waals surface area contributed by atoms with Crippen molar-refractivity contribution in [2.45, 2.75) is 13.8 Å². The van der Waals surface area contributed by atoms with E-state index in [1.165, 1.54) is 17.4 Å². The number of nitrogens with two attached hydrogens (primary N) is 1. The summed E-state index contributed by atoms with van der Waals surface area (Å²) in [5.74, 6) is -1.26. The van der Waals surface area contributed by atoms with E-state index in [-0.39, 0.29) is 17.4 Å². The summed E-state index contributed by atoms with van der Waals surface area (Å²) in [5, 5.41) is 4.96. The van der Waals surface area contributed by atoms with Crippen LogP contribution < -0.4 is 11.1 Å². The third-order valence-corrected chi connectivity index (χ3v) is 5.50. The number of primary amides is 1. The highest BCUT2D eigenvalue weighted by molar-refractivity contribution is 7.14. The van der Waals surface area contributed by atoms with Crippen LogP contribution in [0.4, 0.5) is 9.52 Å². The van der Waals surface area contributed by atoms with Gasteiger partial charge in [0, 0.05) is 28.5 Å². The van der Waals surface area contributed by atoms with Crippen LogP contribution in [0.3, 0.4) is 0 Å². The topological polar surface area (TPSA) is 106 Å². The van der Waals surface area contributed by atoms with Crippen LogP contribution in [-0.4, -0.2) is 26.3 Å². The molecular weight excluding hydrogens is 405 g/mol. The van der Waals surface area contributed by atoms with Crippen LogP contribution in [0.15, 0.2) is 48.0 Å². The van der Waals surface area contributed by atoms with Gasteiger partial charge >= 0.3 is 0 Å². The summed E-state index contributed by atoms with van der Waals surface area (Å²) >= 11 is 1.26. The zero-order valence-corrected chi connectivity index (χ0v) is 17.0. The molecule has 0 aliphatic heterocycles. The number of carbonyl (C=O) groups excluding carboxylic acids is 2. The number of H-pyrrole nitrogens is 1. The number of hydrogen-bond acceptors (Lipinski definition) is 4. The van der Waals surface area contributed by atoms with E-state index in [2.05, 4.69) is 15.3 Å². The molecule has 4 rings (SSSR count). The number of hydrogen-bond donors (Lipinski definition) is 3. The zero-order valence-electron chi connectivity index (χ0n) is 16.2. The van der Waals surface area contributed by atoms with Gasteiger partial charge in [-0.05, 0) is 38.1 Å². The maximum absolute atomic E-state index is 14.2. The summed E-state index contributed by atoms with van der Waals surface area (Å²) in [6, 6.07) is 9.75. The average molecular weight is 423 g/mol. The lowest BCUT2D eigenvalue weighted by Gasteiger charge is -2.10. The fourth-order valence-electron chi connectivity index (χ4n) is 3.31. The van der Waals surface area contributed by atoms with Crippen molar-refractivity contribution in [3.8, 4) is 16.9 Å². The molecule has 3 heterocycles. The standard InChI is InChI=1S/C21H18FN5O2S/c1-11-7-14(12(2)27(11)18-6-4-3-5-15(18)22)20(29)26-21-25-17(10-30-21)13-8-16(19(23)28)24-9-13/h3-10,24H,1-2H3,(H2,23,28)(H,25,26,29). The van der Waals surface area contributed by atoms with Crippen LogP contribution in [0.5, 0.6) is 0 Å². The Balaban J connectivity index is 1.58. The number of halogens is 1. The fraction of sp³-hybridized carbons (Fsp3) is 0.0952. The molecule has 9 heteroatoms. The van der Waals surface area contributed by atoms with Gasteiger partial charge < -0.3 is 15.3 Å². The molecule has 7 nitrogen and oxygen atoms in total. The van der Waals surface area contributed by atoms with E-state index in [1.807, 2.05) is 6.92 Å². The minimum Gasteiger partial charge on any atom is -0.364 e. The molecule has 0 atom stereocenters. The van der Waals surface area contributed by atoms with E-state index in [0.717, 1.165) is 5.69 Å². The van der Waals surface area contributed by atoms with Crippen molar-refractivity contribution in [2.75, 3.05) is 5.32 Å². The van der Waals surface area contributed by atoms with Gasteiger partial charge in [0.05, 0.1) is 16.9 Å². The van der Waals surface area contributed by atoms with Crippen molar-refractivity contribution in [1.82, 2.24) is 14.5 Å². The highest BCUT2D eigenvalue weighted by atomic mass is 32.1. The normalized spacial score (nSPS) is 10.9. The van der Waals surface area contributed by atoms with E-state index in [9.17, 15) is 14.0 Å². The second-order valence-electron chi connectivity index (χ2n) is 6.73. The minimum atomic E-state index is -0.560. The van der Waals surface area contributed by atoms with Crippen LogP contribution in [0.2, 0.25) is 0 Å². The molecular formula is C21H18FN5O2S. The monoisotopic (exact) mass is 423 g/mol. The molecule has 0 saturated carbocycles. The Labute approximate surface area is 175 Å². The first-order valence-electron chi connectivity index (χ1n) is 9.04. The van der Waals surface area contributed by atoms with Crippen LogP contribution in [0.25, 0.3) is 16.9 Å². The molecule has 152 valence electrons. The molecule has 0 fully saturated rings. The van der Waals surface area contributed by atoms with Gasteiger partial charge in [0.1, 0.15) is 11.5 Å². The quantitative estimate of drug-likeness (QED) is 0.451. The van der Waals surface area contributed by atoms with Crippen molar-refractivity contribution >= 4 is 28.3 Å². The summed E-state index contributed by atoms with van der Waals surface area (Å²) in [4.78, 5) is 31.2. The molecule has 0 spiro atoms. The SMILES string of the molecule is Cc1cc(C(=O)Nc2nc(-c3c[nH]c(C(N)=O)c3)cs2)c(C)n1-c1ccccc1F. The van der Waals surface area contributed by atoms with Gasteiger partial charge in [-0.25, -0.2) is 9.37 Å². The van der Waals surface area contributed by atoms with Crippen LogP contribution in [-0.2, 0) is 0 Å². The summed E-state index contributed by atoms with van der Waals surface area (Å²) in [6.45, 7) is 3.59. The summed E-state index contributed by atoms with van der Waals surface area (Å²) < 4.78 is 16.0. The number of aromatic nitrogens is 3. The summed E-state index contributed by atoms with van der Waals surface area (Å²) in [7, 11) is 0. The van der Waals surface area contributed by atoms with Gasteiger partial charge in [0.25, 0.3) is 11.8 Å². The number of nitrogens with zero attached hydrogens (tertiary/aromatic N) is 2. The number of anilines is 1. The average Bonchev–Trinajstić information content (AvgIpc) is 3.42. The number of aromatic amines is 1. The van der Waals surface area contributed by atoms with Crippen molar-refractivity contribution in [1.29, 1.82) is 0 Å². The number of thiazole rings is 1. The second kappa shape index (κ2) is 7.60. The van der Waals surface area contributed by atoms with E-state index >= 15 is 0 Å². The smallest absolute Gasteiger partial charge is 0.265 e. The van der Waals surface area contributed by atoms with Gasteiger partial charge in [0.15, 0.2) is 5.13 Å². The van der Waals surface area contributed by atoms with Crippen molar-refractivity contribution < 1.29 is 14.0 Å². The first-order valence-corrected chi connectivity index (χ1v) is 9.92. The molecule has 2 amide bonds. The van der Waals surface area contributed by atoms with Gasteiger partial charge in [0.2, 0.25) is 0 Å². The Bertz CT molecular complexity index is 1270. The molecule has 30 heavy (non-hydrogen) atoms. The number of rotatable bonds is 5. The first-order chi connectivity index (χ1) is 14.3. The van der Waals surface area contributed by atoms with Crippen LogP contribution >= 0.6 is 11.3 Å². The van der Waals surface area contributed by atoms with E-state index in [1.54, 1.807) is 53.4 Å². The molecule has 4 aromatic rings. The highest BCUT2D eigenvalue weighted by Crippen LogP contribution is 2.27.